The fourth-order valence-corrected chi connectivity index (χ4v) is 2.39. The van der Waals surface area contributed by atoms with Gasteiger partial charge < -0.3 is 5.32 Å². The summed E-state index contributed by atoms with van der Waals surface area (Å²) < 4.78 is 40.0. The maximum absolute atomic E-state index is 13.3. The van der Waals surface area contributed by atoms with E-state index >= 15 is 0 Å². The molecule has 0 spiro atoms. The summed E-state index contributed by atoms with van der Waals surface area (Å²) in [5.74, 6) is -2.96. The average molecular weight is 370 g/mol. The molecule has 2 N–H and O–H groups in total. The van der Waals surface area contributed by atoms with Gasteiger partial charge in [0, 0.05) is 12.1 Å². The van der Waals surface area contributed by atoms with E-state index < -0.39 is 29.7 Å². The number of amides is 4. The van der Waals surface area contributed by atoms with Crippen molar-refractivity contribution in [1.29, 1.82) is 0 Å². The minimum Gasteiger partial charge on any atom is -0.314 e. The largest absolute Gasteiger partial charge is 0.440 e. The molecule has 1 unspecified atom stereocenters. The molecule has 2 rings (SSSR count). The Kier molecular flexibility index (Phi) is 4.20. The third-order valence-electron chi connectivity index (χ3n) is 3.13. The summed E-state index contributed by atoms with van der Waals surface area (Å²) in [7, 11) is 0.854. The third-order valence-corrected chi connectivity index (χ3v) is 3.67. The van der Waals surface area contributed by atoms with Gasteiger partial charge in [-0.15, -0.1) is 0 Å². The summed E-state index contributed by atoms with van der Waals surface area (Å²) in [6.45, 7) is 0. The molecule has 0 aliphatic carbocycles. The maximum Gasteiger partial charge on any atom is 0.440 e. The zero-order valence-corrected chi connectivity index (χ0v) is 12.8. The lowest BCUT2D eigenvalue weighted by molar-refractivity contribution is -0.199. The highest BCUT2D eigenvalue weighted by Gasteiger charge is 2.68. The van der Waals surface area contributed by atoms with E-state index in [2.05, 4.69) is 0 Å². The minimum absolute atomic E-state index is 0.169. The van der Waals surface area contributed by atoms with Crippen LogP contribution in [0.25, 0.3) is 0 Å². The van der Waals surface area contributed by atoms with Crippen molar-refractivity contribution in [2.45, 2.75) is 11.8 Å². The molecule has 1 fully saturated rings. The van der Waals surface area contributed by atoms with Gasteiger partial charge in [0.2, 0.25) is 0 Å². The van der Waals surface area contributed by atoms with Crippen molar-refractivity contribution in [2.24, 2.45) is 0 Å². The fourth-order valence-electron chi connectivity index (χ4n) is 1.90. The monoisotopic (exact) mass is 369 g/mol. The van der Waals surface area contributed by atoms with Crippen LogP contribution in [0, 0.1) is 0 Å². The zero-order valence-electron chi connectivity index (χ0n) is 11.3. The van der Waals surface area contributed by atoms with Gasteiger partial charge in [-0.25, -0.2) is 4.79 Å². The Morgan fingerprint density at radius 3 is 2.35 bits per heavy atom. The molecular weight excluding hydrogens is 362 g/mol. The molecule has 1 aliphatic heterocycles. The average Bonchev–Trinajstić information content (AvgIpc) is 2.63. The Hall–Kier alpha value is -2.00. The Labute approximate surface area is 137 Å². The van der Waals surface area contributed by atoms with Gasteiger partial charge in [0.15, 0.2) is 0 Å². The van der Waals surface area contributed by atoms with E-state index in [4.69, 9.17) is 23.2 Å². The van der Waals surface area contributed by atoms with Crippen molar-refractivity contribution >= 4 is 41.0 Å². The number of hydrogen-bond acceptors (Lipinski definition) is 3. The van der Waals surface area contributed by atoms with Gasteiger partial charge in [0.25, 0.3) is 17.5 Å². The Morgan fingerprint density at radius 1 is 1.30 bits per heavy atom. The number of hydrogen-bond donors (Lipinski definition) is 2. The van der Waals surface area contributed by atoms with Gasteiger partial charge in [-0.2, -0.15) is 13.2 Å². The van der Waals surface area contributed by atoms with Crippen LogP contribution in [0.5, 0.6) is 0 Å². The molecule has 1 saturated heterocycles. The molecule has 4 amide bonds. The molecule has 23 heavy (non-hydrogen) atoms. The highest BCUT2D eigenvalue weighted by atomic mass is 35.5. The highest BCUT2D eigenvalue weighted by Crippen LogP contribution is 2.34. The normalized spacial score (nSPS) is 21.4. The summed E-state index contributed by atoms with van der Waals surface area (Å²) in [6, 6.07) is 2.19. The van der Waals surface area contributed by atoms with E-state index in [0.29, 0.717) is 0 Å². The number of imide groups is 1. The number of carbonyl (C=O) groups excluding carboxylic acids is 3. The van der Waals surface area contributed by atoms with E-state index in [9.17, 15) is 27.6 Å². The molecule has 0 radical (unpaired) electrons. The summed E-state index contributed by atoms with van der Waals surface area (Å²) in [6.07, 6.45) is -5.26. The number of nitrogens with one attached hydrogen (secondary N) is 2. The highest BCUT2D eigenvalue weighted by molar-refractivity contribution is 6.36. The smallest absolute Gasteiger partial charge is 0.314 e. The van der Waals surface area contributed by atoms with Gasteiger partial charge in [-0.1, -0.05) is 23.2 Å². The molecule has 1 aromatic rings. The van der Waals surface area contributed by atoms with Crippen LogP contribution in [0.1, 0.15) is 10.4 Å². The van der Waals surface area contributed by atoms with Crippen LogP contribution in [-0.4, -0.2) is 41.6 Å². The van der Waals surface area contributed by atoms with Gasteiger partial charge >= 0.3 is 12.2 Å². The van der Waals surface area contributed by atoms with E-state index in [1.807, 2.05) is 0 Å². The second kappa shape index (κ2) is 5.57. The fraction of sp³-hybridized carbons (Fsp3) is 0.250. The molecule has 124 valence electrons. The predicted molar refractivity (Wildman–Crippen MR) is 74.0 cm³/mol. The molecule has 0 bridgehead atoms. The quantitative estimate of drug-likeness (QED) is 0.784. The molecule has 1 atom stereocenters. The topological polar surface area (TPSA) is 78.5 Å². The Balaban J connectivity index is 2.42. The lowest BCUT2D eigenvalue weighted by Gasteiger charge is -2.29. The van der Waals surface area contributed by atoms with E-state index in [1.54, 1.807) is 0 Å². The van der Waals surface area contributed by atoms with Crippen LogP contribution >= 0.6 is 23.2 Å². The molecule has 6 nitrogen and oxygen atoms in total. The number of likely N-dealkylation sites (N-methyl/N-ethyl adjacent to an activating group) is 1. The summed E-state index contributed by atoms with van der Waals surface area (Å²) >= 11 is 11.4. The number of benzene rings is 1. The molecule has 0 saturated carbocycles. The van der Waals surface area contributed by atoms with E-state index in [0.717, 1.165) is 19.2 Å². The second-order valence-electron chi connectivity index (χ2n) is 4.62. The first-order valence-corrected chi connectivity index (χ1v) is 6.70. The predicted octanol–water partition coefficient (Wildman–Crippen LogP) is 2.16. The molecule has 1 aromatic carbocycles. The third kappa shape index (κ3) is 2.81. The lowest BCUT2D eigenvalue weighted by Crippen LogP contribution is -2.69. The van der Waals surface area contributed by atoms with Crippen LogP contribution < -0.4 is 10.6 Å². The van der Waals surface area contributed by atoms with Crippen molar-refractivity contribution in [3.8, 4) is 0 Å². The van der Waals surface area contributed by atoms with Crippen molar-refractivity contribution in [1.82, 2.24) is 15.5 Å². The van der Waals surface area contributed by atoms with Crippen LogP contribution in [0.3, 0.4) is 0 Å². The number of carbonyl (C=O) groups is 3. The number of urea groups is 1. The van der Waals surface area contributed by atoms with Crippen molar-refractivity contribution in [3.63, 3.8) is 0 Å². The second-order valence-corrected chi connectivity index (χ2v) is 5.46. The Bertz CT molecular complexity index is 711. The molecule has 1 aliphatic rings. The molecule has 0 aromatic heterocycles. The maximum atomic E-state index is 13.3. The summed E-state index contributed by atoms with van der Waals surface area (Å²) in [5, 5.41) is 2.91. The Morgan fingerprint density at radius 2 is 1.91 bits per heavy atom. The number of alkyl halides is 3. The molecule has 1 heterocycles. The zero-order chi connectivity index (χ0) is 17.6. The van der Waals surface area contributed by atoms with E-state index in [-0.39, 0.29) is 20.5 Å². The number of rotatable bonds is 2. The van der Waals surface area contributed by atoms with Gasteiger partial charge in [0.1, 0.15) is 0 Å². The van der Waals surface area contributed by atoms with Crippen LogP contribution in [0.4, 0.5) is 18.0 Å². The van der Waals surface area contributed by atoms with Crippen LogP contribution in [0.15, 0.2) is 18.2 Å². The van der Waals surface area contributed by atoms with Gasteiger partial charge in [-0.05, 0) is 18.2 Å². The van der Waals surface area contributed by atoms with Gasteiger partial charge in [0.05, 0.1) is 10.6 Å². The van der Waals surface area contributed by atoms with Crippen molar-refractivity contribution < 1.29 is 27.6 Å². The lowest BCUT2D eigenvalue weighted by atomic mass is 10.1. The van der Waals surface area contributed by atoms with Crippen molar-refractivity contribution in [2.75, 3.05) is 7.05 Å². The molecular formula is C12H8Cl2F3N3O3. The molecule has 11 heteroatoms. The van der Waals surface area contributed by atoms with Crippen molar-refractivity contribution in [3.05, 3.63) is 33.8 Å². The first-order valence-electron chi connectivity index (χ1n) is 5.94. The standard InChI is InChI=1S/C12H8Cl2F3N3O3/c1-20-9(22)11(12(15,16)17,19-10(20)23)18-8(21)6-3-2-5(13)4-7(6)14/h2-4H,1H3,(H,18,21)(H,19,23). The SMILES string of the molecule is CN1C(=O)NC(NC(=O)c2ccc(Cl)cc2Cl)(C(F)(F)F)C1=O. The summed E-state index contributed by atoms with van der Waals surface area (Å²) in [5.41, 5.74) is -3.89. The first kappa shape index (κ1) is 17.4. The first-order chi connectivity index (χ1) is 10.5. The van der Waals surface area contributed by atoms with Crippen LogP contribution in [0.2, 0.25) is 10.0 Å². The van der Waals surface area contributed by atoms with E-state index in [1.165, 1.54) is 16.7 Å². The van der Waals surface area contributed by atoms with Gasteiger partial charge in [-0.3, -0.25) is 19.8 Å². The number of nitrogens with zero attached hydrogens (tertiary/aromatic N) is 1. The van der Waals surface area contributed by atoms with Crippen LogP contribution in [-0.2, 0) is 4.79 Å². The number of halogens is 5. The minimum atomic E-state index is -5.26. The summed E-state index contributed by atoms with van der Waals surface area (Å²) in [4.78, 5) is 35.5.